The summed E-state index contributed by atoms with van der Waals surface area (Å²) < 4.78 is 2.35. The number of rotatable bonds is 1. The average molecular weight is 368 g/mol. The standard InChI is InChI=1S/C13H10IN3O2/c1-7-13(19)17-6-10(16-11(14)12(17)15-7)8-2-4-9(18)5-3-8/h2-7,18H,1H3/p+1. The molecule has 1 aliphatic rings. The maximum Gasteiger partial charge on any atom is 0.358 e. The molecule has 1 aliphatic heterocycles. The number of aromatic hydroxyl groups is 1. The summed E-state index contributed by atoms with van der Waals surface area (Å²) in [6.45, 7) is 1.83. The molecule has 96 valence electrons. The summed E-state index contributed by atoms with van der Waals surface area (Å²) in [5, 5.41) is 12.4. The SMILES string of the molecule is CC1Nc2c(I)nc(-c3ccc(O)cc3)c[n+]2C1=O. The van der Waals surface area contributed by atoms with E-state index in [9.17, 15) is 9.90 Å². The molecule has 1 unspecified atom stereocenters. The van der Waals surface area contributed by atoms with Crippen LogP contribution in [-0.2, 0) is 0 Å². The number of nitrogens with zero attached hydrogens (tertiary/aromatic N) is 2. The second kappa shape index (κ2) is 4.44. The number of carbonyl (C=O) groups is 1. The van der Waals surface area contributed by atoms with Crippen LogP contribution in [0.5, 0.6) is 5.75 Å². The lowest BCUT2D eigenvalue weighted by atomic mass is 10.1. The van der Waals surface area contributed by atoms with E-state index in [1.807, 2.05) is 6.92 Å². The van der Waals surface area contributed by atoms with Crippen LogP contribution in [0.2, 0.25) is 0 Å². The summed E-state index contributed by atoms with van der Waals surface area (Å²) in [6, 6.07) is 6.52. The van der Waals surface area contributed by atoms with Crippen LogP contribution in [0.25, 0.3) is 11.3 Å². The highest BCUT2D eigenvalue weighted by molar-refractivity contribution is 14.1. The van der Waals surface area contributed by atoms with Gasteiger partial charge in [-0.05, 0) is 53.8 Å². The van der Waals surface area contributed by atoms with Crippen molar-refractivity contribution >= 4 is 34.3 Å². The molecule has 0 aliphatic carbocycles. The molecule has 2 aromatic rings. The number of phenols is 1. The largest absolute Gasteiger partial charge is 0.508 e. The highest BCUT2D eigenvalue weighted by Crippen LogP contribution is 2.23. The minimum absolute atomic E-state index is 0.00958. The van der Waals surface area contributed by atoms with Crippen molar-refractivity contribution in [1.29, 1.82) is 0 Å². The molecule has 0 saturated carbocycles. The average Bonchev–Trinajstić information content (AvgIpc) is 2.68. The van der Waals surface area contributed by atoms with E-state index in [4.69, 9.17) is 0 Å². The van der Waals surface area contributed by atoms with Crippen LogP contribution in [-0.4, -0.2) is 22.0 Å². The molecule has 1 aromatic carbocycles. The zero-order chi connectivity index (χ0) is 13.6. The van der Waals surface area contributed by atoms with Crippen LogP contribution < -0.4 is 9.88 Å². The molecule has 3 rings (SSSR count). The number of halogens is 1. The monoisotopic (exact) mass is 368 g/mol. The van der Waals surface area contributed by atoms with E-state index >= 15 is 0 Å². The van der Waals surface area contributed by atoms with Gasteiger partial charge in [0.2, 0.25) is 0 Å². The Hall–Kier alpha value is -1.70. The highest BCUT2D eigenvalue weighted by atomic mass is 127. The Balaban J connectivity index is 2.13. The van der Waals surface area contributed by atoms with E-state index < -0.39 is 0 Å². The summed E-state index contributed by atoms with van der Waals surface area (Å²) in [5.74, 6) is 0.953. The van der Waals surface area contributed by atoms with Gasteiger partial charge in [-0.15, -0.1) is 0 Å². The zero-order valence-corrected chi connectivity index (χ0v) is 12.2. The minimum atomic E-state index is -0.231. The molecule has 0 spiro atoms. The summed E-state index contributed by atoms with van der Waals surface area (Å²) in [5.41, 5.74) is 1.57. The Morgan fingerprint density at radius 1 is 1.37 bits per heavy atom. The Bertz CT molecular complexity index is 670. The summed E-state index contributed by atoms with van der Waals surface area (Å²) in [6.07, 6.45) is 1.72. The number of carbonyl (C=O) groups excluding carboxylic acids is 1. The number of nitrogens with one attached hydrogen (secondary N) is 1. The third kappa shape index (κ3) is 2.05. The quantitative estimate of drug-likeness (QED) is 0.595. The normalized spacial score (nSPS) is 17.2. The first-order valence-electron chi connectivity index (χ1n) is 5.78. The number of benzene rings is 1. The number of hydrogen-bond acceptors (Lipinski definition) is 4. The Morgan fingerprint density at radius 2 is 2.05 bits per heavy atom. The number of phenolic OH excluding ortho intramolecular Hbond substituents is 1. The lowest BCUT2D eigenvalue weighted by Crippen LogP contribution is -2.42. The third-order valence-electron chi connectivity index (χ3n) is 3.03. The van der Waals surface area contributed by atoms with E-state index in [-0.39, 0.29) is 17.7 Å². The van der Waals surface area contributed by atoms with Gasteiger partial charge in [-0.25, -0.2) is 9.78 Å². The number of hydrogen-bond donors (Lipinski definition) is 2. The Kier molecular flexibility index (Phi) is 2.89. The van der Waals surface area contributed by atoms with Crippen molar-refractivity contribution in [1.82, 2.24) is 4.98 Å². The van der Waals surface area contributed by atoms with Crippen molar-refractivity contribution < 1.29 is 14.5 Å². The van der Waals surface area contributed by atoms with Crippen LogP contribution in [0.15, 0.2) is 30.5 Å². The molecule has 5 nitrogen and oxygen atoms in total. The van der Waals surface area contributed by atoms with Gasteiger partial charge in [0, 0.05) is 5.56 Å². The van der Waals surface area contributed by atoms with E-state index in [0.29, 0.717) is 5.69 Å². The van der Waals surface area contributed by atoms with Crippen molar-refractivity contribution in [2.75, 3.05) is 5.32 Å². The van der Waals surface area contributed by atoms with Crippen molar-refractivity contribution in [3.05, 3.63) is 34.2 Å². The highest BCUT2D eigenvalue weighted by Gasteiger charge is 2.37. The number of aromatic nitrogens is 2. The fourth-order valence-electron chi connectivity index (χ4n) is 2.02. The topological polar surface area (TPSA) is 66.1 Å². The summed E-state index contributed by atoms with van der Waals surface area (Å²) >= 11 is 2.11. The van der Waals surface area contributed by atoms with Gasteiger partial charge in [0.15, 0.2) is 9.74 Å². The van der Waals surface area contributed by atoms with Gasteiger partial charge in [0.05, 0.1) is 0 Å². The molecular weight excluding hydrogens is 357 g/mol. The van der Waals surface area contributed by atoms with Crippen LogP contribution in [0.1, 0.15) is 11.7 Å². The van der Waals surface area contributed by atoms with Crippen molar-refractivity contribution in [2.24, 2.45) is 0 Å². The van der Waals surface area contributed by atoms with E-state index in [2.05, 4.69) is 32.9 Å². The maximum absolute atomic E-state index is 12.0. The molecule has 1 atom stereocenters. The third-order valence-corrected chi connectivity index (χ3v) is 3.78. The maximum atomic E-state index is 12.0. The lowest BCUT2D eigenvalue weighted by molar-refractivity contribution is -0.552. The van der Waals surface area contributed by atoms with Gasteiger partial charge in [-0.3, -0.25) is 5.32 Å². The van der Waals surface area contributed by atoms with E-state index in [0.717, 1.165) is 15.1 Å². The number of anilines is 1. The van der Waals surface area contributed by atoms with Gasteiger partial charge >= 0.3 is 11.7 Å². The van der Waals surface area contributed by atoms with Crippen LogP contribution in [0, 0.1) is 3.70 Å². The molecule has 2 heterocycles. The zero-order valence-electron chi connectivity index (χ0n) is 10.1. The van der Waals surface area contributed by atoms with E-state index in [1.54, 1.807) is 35.0 Å². The van der Waals surface area contributed by atoms with Crippen LogP contribution in [0.4, 0.5) is 5.82 Å². The fourth-order valence-corrected chi connectivity index (χ4v) is 2.70. The molecule has 2 N–H and O–H groups in total. The van der Waals surface area contributed by atoms with E-state index in [1.165, 1.54) is 0 Å². The number of fused-ring (bicyclic) bond motifs is 1. The predicted octanol–water partition coefficient (Wildman–Crippen LogP) is 1.80. The second-order valence-electron chi connectivity index (χ2n) is 4.39. The molecule has 0 radical (unpaired) electrons. The van der Waals surface area contributed by atoms with Gasteiger partial charge in [-0.2, -0.15) is 4.57 Å². The summed E-state index contributed by atoms with van der Waals surface area (Å²) in [7, 11) is 0. The summed E-state index contributed by atoms with van der Waals surface area (Å²) in [4.78, 5) is 16.5. The molecule has 1 aromatic heterocycles. The Labute approximate surface area is 123 Å². The molecule has 6 heteroatoms. The smallest absolute Gasteiger partial charge is 0.358 e. The van der Waals surface area contributed by atoms with Crippen LogP contribution in [0.3, 0.4) is 0 Å². The second-order valence-corrected chi connectivity index (χ2v) is 5.41. The molecular formula is C13H11IN3O2+. The van der Waals surface area contributed by atoms with Crippen LogP contribution >= 0.6 is 22.6 Å². The first-order valence-corrected chi connectivity index (χ1v) is 6.86. The molecule has 0 saturated heterocycles. The molecule has 0 fully saturated rings. The molecule has 19 heavy (non-hydrogen) atoms. The molecule has 0 amide bonds. The van der Waals surface area contributed by atoms with Crippen molar-refractivity contribution in [3.63, 3.8) is 0 Å². The first kappa shape index (κ1) is 12.3. The Morgan fingerprint density at radius 3 is 2.74 bits per heavy atom. The van der Waals surface area contributed by atoms with Crippen molar-refractivity contribution in [2.45, 2.75) is 13.0 Å². The van der Waals surface area contributed by atoms with Crippen molar-refractivity contribution in [3.8, 4) is 17.0 Å². The minimum Gasteiger partial charge on any atom is -0.508 e. The first-order chi connectivity index (χ1) is 9.06. The fraction of sp³-hybridized carbons (Fsp3) is 0.154. The van der Waals surface area contributed by atoms with Gasteiger partial charge in [-0.1, -0.05) is 0 Å². The molecule has 0 bridgehead atoms. The van der Waals surface area contributed by atoms with Gasteiger partial charge < -0.3 is 5.11 Å². The van der Waals surface area contributed by atoms with Gasteiger partial charge in [0.25, 0.3) is 0 Å². The predicted molar refractivity (Wildman–Crippen MR) is 78.0 cm³/mol. The lowest BCUT2D eigenvalue weighted by Gasteiger charge is -2.02. The van der Waals surface area contributed by atoms with Gasteiger partial charge in [0.1, 0.15) is 17.6 Å².